The summed E-state index contributed by atoms with van der Waals surface area (Å²) in [5.41, 5.74) is 1.00. The van der Waals surface area contributed by atoms with E-state index in [1.807, 2.05) is 6.07 Å². The molecular formula is C20H22N2O5S. The Bertz CT molecular complexity index is 954. The Balaban J connectivity index is 1.83. The third-order valence-corrected chi connectivity index (χ3v) is 4.98. The van der Waals surface area contributed by atoms with Crippen molar-refractivity contribution >= 4 is 27.6 Å². The minimum Gasteiger partial charge on any atom is -0.444 e. The van der Waals surface area contributed by atoms with Gasteiger partial charge >= 0.3 is 5.97 Å². The van der Waals surface area contributed by atoms with Gasteiger partial charge in [0, 0.05) is 24.3 Å². The van der Waals surface area contributed by atoms with Crippen molar-refractivity contribution < 1.29 is 22.7 Å². The van der Waals surface area contributed by atoms with E-state index >= 15 is 0 Å². The maximum Gasteiger partial charge on any atom is 0.339 e. The average Bonchev–Trinajstić information content (AvgIpc) is 3.20. The summed E-state index contributed by atoms with van der Waals surface area (Å²) in [6, 6.07) is 14.8. The van der Waals surface area contributed by atoms with Crippen LogP contribution in [0.1, 0.15) is 34.9 Å². The monoisotopic (exact) mass is 402 g/mol. The van der Waals surface area contributed by atoms with Crippen LogP contribution in [0.15, 0.2) is 54.6 Å². The van der Waals surface area contributed by atoms with E-state index in [1.54, 1.807) is 35.2 Å². The molecule has 7 nitrogen and oxygen atoms in total. The number of sulfonamides is 1. The van der Waals surface area contributed by atoms with Crippen LogP contribution in [-0.4, -0.2) is 44.5 Å². The van der Waals surface area contributed by atoms with Crippen molar-refractivity contribution in [1.29, 1.82) is 0 Å². The largest absolute Gasteiger partial charge is 0.444 e. The van der Waals surface area contributed by atoms with Crippen LogP contribution in [0.2, 0.25) is 0 Å². The number of amides is 1. The summed E-state index contributed by atoms with van der Waals surface area (Å²) in [4.78, 5) is 27.3. The van der Waals surface area contributed by atoms with Gasteiger partial charge in [0.2, 0.25) is 16.1 Å². The summed E-state index contributed by atoms with van der Waals surface area (Å²) in [6.45, 7) is 1.29. The lowest BCUT2D eigenvalue weighted by molar-refractivity contribution is -0.140. The van der Waals surface area contributed by atoms with Gasteiger partial charge in [0.25, 0.3) is 5.91 Å². The smallest absolute Gasteiger partial charge is 0.339 e. The van der Waals surface area contributed by atoms with Crippen LogP contribution in [0.25, 0.3) is 0 Å². The van der Waals surface area contributed by atoms with Crippen molar-refractivity contribution in [2.24, 2.45) is 0 Å². The second kappa shape index (κ2) is 8.43. The van der Waals surface area contributed by atoms with E-state index in [9.17, 15) is 18.0 Å². The minimum absolute atomic E-state index is 0.156. The molecule has 2 aromatic carbocycles. The molecule has 1 saturated heterocycles. The number of anilines is 1. The summed E-state index contributed by atoms with van der Waals surface area (Å²) >= 11 is 0. The van der Waals surface area contributed by atoms with Crippen LogP contribution in [0, 0.1) is 0 Å². The topological polar surface area (TPSA) is 92.8 Å². The van der Waals surface area contributed by atoms with Crippen LogP contribution in [0.3, 0.4) is 0 Å². The van der Waals surface area contributed by atoms with E-state index in [2.05, 4.69) is 4.72 Å². The Kier molecular flexibility index (Phi) is 5.99. The number of rotatable bonds is 6. The van der Waals surface area contributed by atoms with Gasteiger partial charge in [0.05, 0.1) is 11.8 Å². The van der Waals surface area contributed by atoms with Crippen molar-refractivity contribution in [3.05, 3.63) is 65.7 Å². The van der Waals surface area contributed by atoms with Gasteiger partial charge in [-0.2, -0.15) is 0 Å². The first-order valence-electron chi connectivity index (χ1n) is 8.96. The highest BCUT2D eigenvalue weighted by Gasteiger charge is 2.31. The molecule has 1 N–H and O–H groups in total. The van der Waals surface area contributed by atoms with Crippen LogP contribution in [-0.2, 0) is 19.6 Å². The van der Waals surface area contributed by atoms with Gasteiger partial charge in [-0.25, -0.2) is 13.2 Å². The number of carbonyl (C=O) groups is 2. The van der Waals surface area contributed by atoms with Gasteiger partial charge in [-0.05, 0) is 31.0 Å². The van der Waals surface area contributed by atoms with E-state index in [4.69, 9.17) is 4.74 Å². The molecule has 2 aromatic rings. The molecule has 1 heterocycles. The SMILES string of the molecule is CS(=O)(=O)Nc1cccc(C(=O)OC(C(=O)N2CCCC2)c2ccccc2)c1. The number of likely N-dealkylation sites (tertiary alicyclic amines) is 1. The zero-order chi connectivity index (χ0) is 20.1. The highest BCUT2D eigenvalue weighted by atomic mass is 32.2. The first kappa shape index (κ1) is 19.9. The van der Waals surface area contributed by atoms with E-state index in [0.29, 0.717) is 18.7 Å². The molecule has 0 radical (unpaired) electrons. The fourth-order valence-corrected chi connectivity index (χ4v) is 3.65. The van der Waals surface area contributed by atoms with Gasteiger partial charge in [0.15, 0.2) is 0 Å². The number of nitrogens with one attached hydrogen (secondary N) is 1. The lowest BCUT2D eigenvalue weighted by atomic mass is 10.1. The molecule has 148 valence electrons. The quantitative estimate of drug-likeness (QED) is 0.750. The molecule has 0 spiro atoms. The van der Waals surface area contributed by atoms with Crippen molar-refractivity contribution in [2.75, 3.05) is 24.1 Å². The van der Waals surface area contributed by atoms with E-state index in [1.165, 1.54) is 18.2 Å². The molecule has 8 heteroatoms. The van der Waals surface area contributed by atoms with Gasteiger partial charge in [-0.15, -0.1) is 0 Å². The molecule has 0 aliphatic carbocycles. The summed E-state index contributed by atoms with van der Waals surface area (Å²) in [7, 11) is -3.47. The highest BCUT2D eigenvalue weighted by molar-refractivity contribution is 7.92. The molecule has 1 atom stereocenters. The number of benzene rings is 2. The zero-order valence-corrected chi connectivity index (χ0v) is 16.3. The number of esters is 1. The third kappa shape index (κ3) is 5.10. The molecular weight excluding hydrogens is 380 g/mol. The standard InChI is InChI=1S/C20H22N2O5S/c1-28(25,26)21-17-11-7-10-16(14-17)20(24)27-18(15-8-3-2-4-9-15)19(23)22-12-5-6-13-22/h2-4,7-11,14,18,21H,5-6,12-13H2,1H3. The third-order valence-electron chi connectivity index (χ3n) is 4.37. The fourth-order valence-electron chi connectivity index (χ4n) is 3.09. The van der Waals surface area contributed by atoms with E-state index < -0.39 is 22.1 Å². The van der Waals surface area contributed by atoms with Crippen molar-refractivity contribution in [2.45, 2.75) is 18.9 Å². The van der Waals surface area contributed by atoms with Gasteiger partial charge < -0.3 is 9.64 Å². The van der Waals surface area contributed by atoms with Crippen LogP contribution >= 0.6 is 0 Å². The van der Waals surface area contributed by atoms with E-state index in [-0.39, 0.29) is 17.2 Å². The van der Waals surface area contributed by atoms with Crippen molar-refractivity contribution in [1.82, 2.24) is 4.90 Å². The Morgan fingerprint density at radius 3 is 2.36 bits per heavy atom. The lowest BCUT2D eigenvalue weighted by Crippen LogP contribution is -2.34. The van der Waals surface area contributed by atoms with Crippen LogP contribution in [0.4, 0.5) is 5.69 Å². The van der Waals surface area contributed by atoms with Gasteiger partial charge in [-0.1, -0.05) is 36.4 Å². The first-order chi connectivity index (χ1) is 13.3. The Morgan fingerprint density at radius 2 is 1.71 bits per heavy atom. The minimum atomic E-state index is -3.47. The lowest BCUT2D eigenvalue weighted by Gasteiger charge is -2.23. The number of hydrogen-bond donors (Lipinski definition) is 1. The predicted octanol–water partition coefficient (Wildman–Crippen LogP) is 2.58. The summed E-state index contributed by atoms with van der Waals surface area (Å²) < 4.78 is 30.7. The summed E-state index contributed by atoms with van der Waals surface area (Å²) in [5, 5.41) is 0. The fraction of sp³-hybridized carbons (Fsp3) is 0.300. The number of ether oxygens (including phenoxy) is 1. The molecule has 1 fully saturated rings. The molecule has 0 aromatic heterocycles. The second-order valence-corrected chi connectivity index (χ2v) is 8.43. The number of nitrogens with zero attached hydrogens (tertiary/aromatic N) is 1. The average molecular weight is 402 g/mol. The predicted molar refractivity (Wildman–Crippen MR) is 105 cm³/mol. The molecule has 1 aliphatic rings. The van der Waals surface area contributed by atoms with Gasteiger partial charge in [-0.3, -0.25) is 9.52 Å². The molecule has 0 bridgehead atoms. The maximum absolute atomic E-state index is 12.9. The maximum atomic E-state index is 12.9. The summed E-state index contributed by atoms with van der Waals surface area (Å²) in [6.07, 6.45) is 1.84. The first-order valence-corrected chi connectivity index (χ1v) is 10.9. The van der Waals surface area contributed by atoms with Crippen molar-refractivity contribution in [3.63, 3.8) is 0 Å². The van der Waals surface area contributed by atoms with Crippen LogP contribution < -0.4 is 4.72 Å². The van der Waals surface area contributed by atoms with Crippen molar-refractivity contribution in [3.8, 4) is 0 Å². The number of hydrogen-bond acceptors (Lipinski definition) is 5. The van der Waals surface area contributed by atoms with Crippen LogP contribution in [0.5, 0.6) is 0 Å². The van der Waals surface area contributed by atoms with E-state index in [0.717, 1.165) is 19.1 Å². The normalized spacial score (nSPS) is 15.1. The Morgan fingerprint density at radius 1 is 1.04 bits per heavy atom. The molecule has 1 unspecified atom stereocenters. The second-order valence-electron chi connectivity index (χ2n) is 6.68. The zero-order valence-electron chi connectivity index (χ0n) is 15.5. The Labute approximate surface area is 164 Å². The molecule has 1 amide bonds. The molecule has 1 aliphatic heterocycles. The molecule has 0 saturated carbocycles. The number of carbonyl (C=O) groups excluding carboxylic acids is 2. The molecule has 28 heavy (non-hydrogen) atoms. The van der Waals surface area contributed by atoms with Gasteiger partial charge in [0.1, 0.15) is 0 Å². The summed E-state index contributed by atoms with van der Waals surface area (Å²) in [5.74, 6) is -0.944. The Hall–Kier alpha value is -2.87. The molecule has 3 rings (SSSR count). The highest BCUT2D eigenvalue weighted by Crippen LogP contribution is 2.24.